The Kier molecular flexibility index (Phi) is 3.99. The van der Waals surface area contributed by atoms with Crippen molar-refractivity contribution < 1.29 is 8.42 Å². The van der Waals surface area contributed by atoms with Crippen LogP contribution in [0.1, 0.15) is 32.3 Å². The Balaban J connectivity index is 2.10. The van der Waals surface area contributed by atoms with Gasteiger partial charge in [0.15, 0.2) is 0 Å². The Morgan fingerprint density at radius 2 is 2.05 bits per heavy atom. The first kappa shape index (κ1) is 14.5. The summed E-state index contributed by atoms with van der Waals surface area (Å²) in [6.07, 6.45) is 2.21. The quantitative estimate of drug-likeness (QED) is 0.836. The number of benzene rings is 1. The van der Waals surface area contributed by atoms with Gasteiger partial charge in [-0.2, -0.15) is 0 Å². The molecule has 0 radical (unpaired) electrons. The van der Waals surface area contributed by atoms with Crippen molar-refractivity contribution in [1.29, 1.82) is 0 Å². The number of hydrogen-bond donors (Lipinski definition) is 2. The summed E-state index contributed by atoms with van der Waals surface area (Å²) in [5.74, 6) is 0.505. The molecule has 106 valence electrons. The molecule has 0 bridgehead atoms. The predicted molar refractivity (Wildman–Crippen MR) is 76.0 cm³/mol. The Morgan fingerprint density at radius 1 is 1.37 bits per heavy atom. The third-order valence-electron chi connectivity index (χ3n) is 4.18. The molecule has 0 aliphatic heterocycles. The van der Waals surface area contributed by atoms with Gasteiger partial charge in [-0.3, -0.25) is 0 Å². The van der Waals surface area contributed by atoms with Crippen molar-refractivity contribution in [1.82, 2.24) is 4.72 Å². The van der Waals surface area contributed by atoms with Crippen molar-refractivity contribution >= 4 is 10.0 Å². The lowest BCUT2D eigenvalue weighted by Gasteiger charge is -2.20. The second-order valence-corrected chi connectivity index (χ2v) is 7.46. The van der Waals surface area contributed by atoms with E-state index in [0.29, 0.717) is 23.9 Å². The van der Waals surface area contributed by atoms with Crippen LogP contribution in [0, 0.1) is 11.3 Å². The minimum atomic E-state index is -3.43. The predicted octanol–water partition coefficient (Wildman–Crippen LogP) is 1.86. The topological polar surface area (TPSA) is 72.2 Å². The van der Waals surface area contributed by atoms with E-state index >= 15 is 0 Å². The van der Waals surface area contributed by atoms with Gasteiger partial charge in [0.1, 0.15) is 0 Å². The van der Waals surface area contributed by atoms with Crippen LogP contribution in [0.5, 0.6) is 0 Å². The highest BCUT2D eigenvalue weighted by atomic mass is 32.2. The Hall–Kier alpha value is -0.910. The van der Waals surface area contributed by atoms with E-state index in [1.165, 1.54) is 0 Å². The molecule has 0 aromatic heterocycles. The maximum atomic E-state index is 12.2. The van der Waals surface area contributed by atoms with Crippen LogP contribution in [-0.4, -0.2) is 15.0 Å². The minimum absolute atomic E-state index is 0.165. The van der Waals surface area contributed by atoms with Crippen LogP contribution in [0.2, 0.25) is 0 Å². The molecule has 1 aliphatic rings. The molecule has 5 heteroatoms. The van der Waals surface area contributed by atoms with E-state index in [0.717, 1.165) is 18.4 Å². The molecule has 1 saturated carbocycles. The number of nitrogens with one attached hydrogen (secondary N) is 1. The van der Waals surface area contributed by atoms with Gasteiger partial charge in [0.25, 0.3) is 0 Å². The number of nitrogens with two attached hydrogens (primary N) is 1. The highest BCUT2D eigenvalue weighted by Crippen LogP contribution is 2.51. The molecule has 4 nitrogen and oxygen atoms in total. The van der Waals surface area contributed by atoms with E-state index in [2.05, 4.69) is 18.6 Å². The summed E-state index contributed by atoms with van der Waals surface area (Å²) >= 11 is 0. The molecule has 0 atom stereocenters. The Labute approximate surface area is 115 Å². The van der Waals surface area contributed by atoms with Gasteiger partial charge in [0.2, 0.25) is 10.0 Å². The molecule has 0 amide bonds. The highest BCUT2D eigenvalue weighted by molar-refractivity contribution is 7.89. The average molecular weight is 282 g/mol. The van der Waals surface area contributed by atoms with Gasteiger partial charge in [0.05, 0.1) is 4.90 Å². The van der Waals surface area contributed by atoms with E-state index in [-0.39, 0.29) is 5.41 Å². The normalized spacial score (nSPS) is 17.7. The van der Waals surface area contributed by atoms with E-state index in [9.17, 15) is 8.42 Å². The molecule has 19 heavy (non-hydrogen) atoms. The van der Waals surface area contributed by atoms with Crippen molar-refractivity contribution in [2.45, 2.75) is 38.1 Å². The monoisotopic (exact) mass is 282 g/mol. The van der Waals surface area contributed by atoms with E-state index in [1.54, 1.807) is 18.2 Å². The standard InChI is InChI=1S/C14H22N2O2S/c1-11(2)14(6-7-14)10-16-19(17,18)13-5-3-4-12(8-13)9-15/h3-5,8,11,16H,6-7,9-10,15H2,1-2H3. The molecule has 0 spiro atoms. The van der Waals surface area contributed by atoms with Gasteiger partial charge >= 0.3 is 0 Å². The van der Waals surface area contributed by atoms with Gasteiger partial charge in [-0.1, -0.05) is 26.0 Å². The lowest BCUT2D eigenvalue weighted by molar-refractivity contribution is 0.357. The van der Waals surface area contributed by atoms with Crippen LogP contribution in [0.15, 0.2) is 29.2 Å². The number of sulfonamides is 1. The summed E-state index contributed by atoms with van der Waals surface area (Å²) in [4.78, 5) is 0.301. The molecule has 0 unspecified atom stereocenters. The number of hydrogen-bond acceptors (Lipinski definition) is 3. The fourth-order valence-electron chi connectivity index (χ4n) is 2.28. The molecule has 2 rings (SSSR count). The lowest BCUT2D eigenvalue weighted by Crippen LogP contribution is -2.32. The lowest BCUT2D eigenvalue weighted by atomic mass is 9.93. The molecular formula is C14H22N2O2S. The first-order valence-corrected chi connectivity index (χ1v) is 8.17. The zero-order valence-corrected chi connectivity index (χ0v) is 12.3. The van der Waals surface area contributed by atoms with Gasteiger partial charge in [-0.15, -0.1) is 0 Å². The summed E-state index contributed by atoms with van der Waals surface area (Å²) in [5, 5.41) is 0. The zero-order chi connectivity index (χ0) is 14.1. The van der Waals surface area contributed by atoms with Crippen LogP contribution < -0.4 is 10.5 Å². The minimum Gasteiger partial charge on any atom is -0.326 e. The van der Waals surface area contributed by atoms with Crippen molar-refractivity contribution in [2.24, 2.45) is 17.1 Å². The van der Waals surface area contributed by atoms with E-state index in [4.69, 9.17) is 5.73 Å². The third-order valence-corrected chi connectivity index (χ3v) is 5.57. The third kappa shape index (κ3) is 3.16. The average Bonchev–Trinajstić information content (AvgIpc) is 3.18. The largest absolute Gasteiger partial charge is 0.326 e. The SMILES string of the molecule is CC(C)C1(CNS(=O)(=O)c2cccc(CN)c2)CC1. The second kappa shape index (κ2) is 5.23. The van der Waals surface area contributed by atoms with Crippen LogP contribution >= 0.6 is 0 Å². The maximum Gasteiger partial charge on any atom is 0.240 e. The highest BCUT2D eigenvalue weighted by Gasteiger charge is 2.45. The summed E-state index contributed by atoms with van der Waals surface area (Å²) in [6.45, 7) is 5.17. The fraction of sp³-hybridized carbons (Fsp3) is 0.571. The summed E-state index contributed by atoms with van der Waals surface area (Å²) in [6, 6.07) is 6.80. The fourth-order valence-corrected chi connectivity index (χ4v) is 3.49. The van der Waals surface area contributed by atoms with Crippen molar-refractivity contribution in [3.8, 4) is 0 Å². The van der Waals surface area contributed by atoms with E-state index < -0.39 is 10.0 Å². The van der Waals surface area contributed by atoms with Gasteiger partial charge < -0.3 is 5.73 Å². The first-order valence-electron chi connectivity index (χ1n) is 6.68. The number of rotatable bonds is 6. The summed E-state index contributed by atoms with van der Waals surface area (Å²) in [5.41, 5.74) is 6.53. The summed E-state index contributed by atoms with van der Waals surface area (Å²) in [7, 11) is -3.43. The smallest absolute Gasteiger partial charge is 0.240 e. The van der Waals surface area contributed by atoms with Crippen molar-refractivity contribution in [2.75, 3.05) is 6.54 Å². The van der Waals surface area contributed by atoms with Gasteiger partial charge in [-0.25, -0.2) is 13.1 Å². The molecule has 1 fully saturated rings. The molecular weight excluding hydrogens is 260 g/mol. The maximum absolute atomic E-state index is 12.2. The molecule has 0 heterocycles. The first-order chi connectivity index (χ1) is 8.89. The van der Waals surface area contributed by atoms with Crippen LogP contribution in [0.4, 0.5) is 0 Å². The Morgan fingerprint density at radius 3 is 2.58 bits per heavy atom. The zero-order valence-electron chi connectivity index (χ0n) is 11.5. The van der Waals surface area contributed by atoms with Gasteiger partial charge in [0, 0.05) is 13.1 Å². The van der Waals surface area contributed by atoms with E-state index in [1.807, 2.05) is 6.07 Å². The van der Waals surface area contributed by atoms with Crippen molar-refractivity contribution in [3.63, 3.8) is 0 Å². The molecule has 0 saturated heterocycles. The molecule has 1 aromatic rings. The Bertz CT molecular complexity index is 548. The van der Waals surface area contributed by atoms with Gasteiger partial charge in [-0.05, 0) is 41.9 Å². The van der Waals surface area contributed by atoms with Crippen LogP contribution in [-0.2, 0) is 16.6 Å². The van der Waals surface area contributed by atoms with Crippen molar-refractivity contribution in [3.05, 3.63) is 29.8 Å². The van der Waals surface area contributed by atoms with Crippen LogP contribution in [0.3, 0.4) is 0 Å². The molecule has 1 aliphatic carbocycles. The molecule has 3 N–H and O–H groups in total. The second-order valence-electron chi connectivity index (χ2n) is 5.69. The summed E-state index contributed by atoms with van der Waals surface area (Å²) < 4.78 is 27.2. The molecule has 1 aromatic carbocycles. The van der Waals surface area contributed by atoms with Crippen LogP contribution in [0.25, 0.3) is 0 Å².